The molecule has 0 amide bonds. The van der Waals surface area contributed by atoms with Gasteiger partial charge in [-0.15, -0.1) is 0 Å². The number of hydrogen-bond acceptors (Lipinski definition) is 9. The molecule has 0 aliphatic carbocycles. The number of halogens is 4. The summed E-state index contributed by atoms with van der Waals surface area (Å²) in [7, 11) is 1.84. The zero-order valence-electron chi connectivity index (χ0n) is 26.4. The molecular formula is C32H38F4N6O4. The number of aryl methyl sites for hydroxylation is 1. The van der Waals surface area contributed by atoms with Gasteiger partial charge in [-0.1, -0.05) is 6.92 Å². The van der Waals surface area contributed by atoms with Crippen LogP contribution in [0.15, 0.2) is 48.9 Å². The first-order valence-electron chi connectivity index (χ1n) is 14.7. The van der Waals surface area contributed by atoms with Crippen molar-refractivity contribution in [2.24, 2.45) is 0 Å². The number of likely N-dealkylation sites (N-methyl/N-ethyl adjacent to an activating group) is 1. The van der Waals surface area contributed by atoms with E-state index in [4.69, 9.17) is 9.47 Å². The van der Waals surface area contributed by atoms with Gasteiger partial charge in [0.05, 0.1) is 31.6 Å². The molecule has 0 saturated carbocycles. The Balaban J connectivity index is 1.35. The molecule has 2 aromatic carbocycles. The van der Waals surface area contributed by atoms with Gasteiger partial charge in [-0.2, -0.15) is 13.2 Å². The van der Waals surface area contributed by atoms with Crippen LogP contribution < -0.4 is 15.4 Å². The summed E-state index contributed by atoms with van der Waals surface area (Å²) in [6.07, 6.45) is 5.11. The van der Waals surface area contributed by atoms with Crippen molar-refractivity contribution in [3.63, 3.8) is 0 Å². The molecule has 46 heavy (non-hydrogen) atoms. The van der Waals surface area contributed by atoms with Crippen molar-refractivity contribution in [2.75, 3.05) is 50.5 Å². The van der Waals surface area contributed by atoms with Crippen molar-refractivity contribution in [1.82, 2.24) is 19.3 Å². The molecule has 0 aliphatic rings. The van der Waals surface area contributed by atoms with Gasteiger partial charge in [-0.25, -0.2) is 14.4 Å². The molecule has 0 atom stereocenters. The average Bonchev–Trinajstić information content (AvgIpc) is 3.41. The van der Waals surface area contributed by atoms with E-state index in [0.29, 0.717) is 37.8 Å². The third-order valence-corrected chi connectivity index (χ3v) is 6.71. The largest absolute Gasteiger partial charge is 0.459 e. The van der Waals surface area contributed by atoms with Gasteiger partial charge in [0.25, 0.3) is 0 Å². The van der Waals surface area contributed by atoms with Crippen LogP contribution in [-0.2, 0) is 20.7 Å². The van der Waals surface area contributed by atoms with Crippen molar-refractivity contribution < 1.29 is 36.6 Å². The molecule has 0 saturated heterocycles. The highest BCUT2D eigenvalue weighted by Crippen LogP contribution is 2.32. The second-order valence-electron chi connectivity index (χ2n) is 11.4. The lowest BCUT2D eigenvalue weighted by molar-refractivity contribution is -0.155. The molecule has 2 heterocycles. The second kappa shape index (κ2) is 15.2. The molecule has 0 aliphatic heterocycles. The molecular weight excluding hydrogens is 608 g/mol. The van der Waals surface area contributed by atoms with Crippen LogP contribution in [-0.4, -0.2) is 77.3 Å². The molecule has 2 aromatic heterocycles. The SMILES string of the molecule is CCc1cc(Nc2nccn3c(-c4ccc(OC(F)F)c(F)c4F)cnc23)ccc1NCCOCCN(C)CC(=O)OC(C)(C)C. The Labute approximate surface area is 264 Å². The number of carbonyl (C=O) groups is 1. The van der Waals surface area contributed by atoms with Crippen molar-refractivity contribution in [2.45, 2.75) is 46.3 Å². The first-order valence-corrected chi connectivity index (χ1v) is 14.7. The summed E-state index contributed by atoms with van der Waals surface area (Å²) in [6, 6.07) is 7.89. The Hall–Kier alpha value is -4.43. The summed E-state index contributed by atoms with van der Waals surface area (Å²) in [5, 5.41) is 6.62. The van der Waals surface area contributed by atoms with E-state index in [1.165, 1.54) is 23.0 Å². The zero-order valence-corrected chi connectivity index (χ0v) is 26.4. The number of esters is 1. The van der Waals surface area contributed by atoms with E-state index in [9.17, 15) is 22.4 Å². The molecule has 4 rings (SSSR count). The van der Waals surface area contributed by atoms with Crippen LogP contribution in [0.1, 0.15) is 33.3 Å². The number of hydrogen-bond donors (Lipinski definition) is 2. The number of aromatic nitrogens is 3. The van der Waals surface area contributed by atoms with E-state index in [1.54, 1.807) is 0 Å². The highest BCUT2D eigenvalue weighted by Gasteiger charge is 2.21. The van der Waals surface area contributed by atoms with Crippen molar-refractivity contribution in [3.05, 3.63) is 66.1 Å². The number of fused-ring (bicyclic) bond motifs is 1. The van der Waals surface area contributed by atoms with Crippen molar-refractivity contribution >= 4 is 28.8 Å². The minimum Gasteiger partial charge on any atom is -0.459 e. The van der Waals surface area contributed by atoms with Crippen molar-refractivity contribution in [3.8, 4) is 17.0 Å². The van der Waals surface area contributed by atoms with Crippen LogP contribution in [0.4, 0.5) is 34.8 Å². The lowest BCUT2D eigenvalue weighted by atomic mass is 10.1. The maximum atomic E-state index is 14.8. The number of anilines is 3. The summed E-state index contributed by atoms with van der Waals surface area (Å²) in [6.45, 7) is 6.57. The molecule has 2 N–H and O–H groups in total. The van der Waals surface area contributed by atoms with Gasteiger partial charge in [-0.3, -0.25) is 14.1 Å². The summed E-state index contributed by atoms with van der Waals surface area (Å²) in [5.74, 6) is -3.64. The van der Waals surface area contributed by atoms with E-state index >= 15 is 0 Å². The summed E-state index contributed by atoms with van der Waals surface area (Å²) >= 11 is 0. The van der Waals surface area contributed by atoms with Gasteiger partial charge in [0, 0.05) is 42.4 Å². The Bertz CT molecular complexity index is 1640. The number of imidazole rings is 1. The Morgan fingerprint density at radius 2 is 1.87 bits per heavy atom. The molecule has 4 aromatic rings. The molecule has 10 nitrogen and oxygen atoms in total. The normalized spacial score (nSPS) is 11.8. The average molecular weight is 647 g/mol. The molecule has 0 radical (unpaired) electrons. The van der Waals surface area contributed by atoms with Crippen LogP contribution in [0.3, 0.4) is 0 Å². The lowest BCUT2D eigenvalue weighted by Crippen LogP contribution is -2.34. The maximum absolute atomic E-state index is 14.8. The fraction of sp³-hybridized carbons (Fsp3) is 0.406. The first-order chi connectivity index (χ1) is 21.9. The smallest absolute Gasteiger partial charge is 0.387 e. The lowest BCUT2D eigenvalue weighted by Gasteiger charge is -2.22. The molecule has 248 valence electrons. The van der Waals surface area contributed by atoms with Crippen LogP contribution in [0.2, 0.25) is 0 Å². The maximum Gasteiger partial charge on any atom is 0.387 e. The molecule has 0 unspecified atom stereocenters. The highest BCUT2D eigenvalue weighted by molar-refractivity contribution is 5.75. The molecule has 14 heteroatoms. The Morgan fingerprint density at radius 1 is 1.09 bits per heavy atom. The zero-order chi connectivity index (χ0) is 33.4. The summed E-state index contributed by atoms with van der Waals surface area (Å²) in [4.78, 5) is 22.5. The fourth-order valence-electron chi connectivity index (χ4n) is 4.65. The molecule has 0 bridgehead atoms. The number of alkyl halides is 2. The third kappa shape index (κ3) is 9.07. The minimum absolute atomic E-state index is 0.177. The first kappa shape index (κ1) is 34.4. The number of carbonyl (C=O) groups excluding carboxylic acids is 1. The molecule has 0 spiro atoms. The van der Waals surface area contributed by atoms with Crippen LogP contribution in [0, 0.1) is 11.6 Å². The van der Waals surface area contributed by atoms with Gasteiger partial charge in [0.2, 0.25) is 5.82 Å². The predicted molar refractivity (Wildman–Crippen MR) is 167 cm³/mol. The van der Waals surface area contributed by atoms with E-state index < -0.39 is 29.6 Å². The van der Waals surface area contributed by atoms with Crippen LogP contribution in [0.5, 0.6) is 5.75 Å². The van der Waals surface area contributed by atoms with E-state index in [0.717, 1.165) is 35.5 Å². The van der Waals surface area contributed by atoms with E-state index in [2.05, 4.69) is 25.3 Å². The van der Waals surface area contributed by atoms with E-state index in [-0.39, 0.29) is 23.8 Å². The number of nitrogens with one attached hydrogen (secondary N) is 2. The predicted octanol–water partition coefficient (Wildman–Crippen LogP) is 6.28. The van der Waals surface area contributed by atoms with Gasteiger partial charge in [-0.05, 0) is 70.1 Å². The third-order valence-electron chi connectivity index (χ3n) is 6.71. The summed E-state index contributed by atoms with van der Waals surface area (Å²) in [5.41, 5.74) is 2.59. The van der Waals surface area contributed by atoms with Crippen LogP contribution in [0.25, 0.3) is 16.9 Å². The number of rotatable bonds is 15. The standard InChI is InChI=1S/C32H38F4N6O4/c1-6-20-17-21(7-9-23(20)37-12-15-44-16-14-41(5)19-26(43)46-32(2,3)4)40-29-30-39-18-24(42(30)13-11-38-29)22-8-10-25(45-31(35)36)28(34)27(22)33/h7-11,13,17-18,31,37H,6,12,14-16,19H2,1-5H3,(H,38,40). The number of ether oxygens (including phenoxy) is 3. The molecule has 0 fully saturated rings. The topological polar surface area (TPSA) is 102 Å². The quantitative estimate of drug-likeness (QED) is 0.0878. The van der Waals surface area contributed by atoms with Crippen LogP contribution >= 0.6 is 0 Å². The van der Waals surface area contributed by atoms with E-state index in [1.807, 2.05) is 57.8 Å². The monoisotopic (exact) mass is 646 g/mol. The van der Waals surface area contributed by atoms with Gasteiger partial charge in [0.15, 0.2) is 23.0 Å². The van der Waals surface area contributed by atoms with Gasteiger partial charge >= 0.3 is 12.6 Å². The Kier molecular flexibility index (Phi) is 11.4. The summed E-state index contributed by atoms with van der Waals surface area (Å²) < 4.78 is 70.9. The number of nitrogens with zero attached hydrogens (tertiary/aromatic N) is 4. The van der Waals surface area contributed by atoms with Gasteiger partial charge in [0.1, 0.15) is 5.60 Å². The highest BCUT2D eigenvalue weighted by atomic mass is 19.3. The second-order valence-corrected chi connectivity index (χ2v) is 11.4. The van der Waals surface area contributed by atoms with Crippen molar-refractivity contribution in [1.29, 1.82) is 0 Å². The number of benzene rings is 2. The fourth-order valence-corrected chi connectivity index (χ4v) is 4.65. The Morgan fingerprint density at radius 3 is 2.59 bits per heavy atom. The van der Waals surface area contributed by atoms with Gasteiger partial charge < -0.3 is 24.8 Å². The minimum atomic E-state index is -3.29.